The van der Waals surface area contributed by atoms with Crippen LogP contribution in [-0.4, -0.2) is 19.1 Å². The molecular formula is C33H50N2. The van der Waals surface area contributed by atoms with Crippen LogP contribution in [0.25, 0.3) is 0 Å². The summed E-state index contributed by atoms with van der Waals surface area (Å²) in [7, 11) is 2.03. The molecule has 192 valence electrons. The maximum absolute atomic E-state index is 4.31. The predicted molar refractivity (Wildman–Crippen MR) is 156 cm³/mol. The molecule has 2 nitrogen and oxygen atoms in total. The molecule has 1 saturated carbocycles. The fraction of sp³-hybridized carbons (Fsp3) is 0.515. The molecule has 1 unspecified atom stereocenters. The molecule has 1 fully saturated rings. The van der Waals surface area contributed by atoms with Crippen molar-refractivity contribution in [2.75, 3.05) is 13.6 Å². The summed E-state index contributed by atoms with van der Waals surface area (Å²) < 4.78 is 0. The van der Waals surface area contributed by atoms with Crippen LogP contribution >= 0.6 is 0 Å². The first-order chi connectivity index (χ1) is 16.6. The van der Waals surface area contributed by atoms with Gasteiger partial charge < -0.3 is 10.6 Å². The molecule has 35 heavy (non-hydrogen) atoms. The molecule has 2 rings (SSSR count). The lowest BCUT2D eigenvalue weighted by atomic mass is 9.85. The van der Waals surface area contributed by atoms with Gasteiger partial charge in [-0.1, -0.05) is 74.1 Å². The van der Waals surface area contributed by atoms with Crippen molar-refractivity contribution < 1.29 is 0 Å². The zero-order valence-corrected chi connectivity index (χ0v) is 23.6. The van der Waals surface area contributed by atoms with E-state index < -0.39 is 0 Å². The number of allylic oxidation sites excluding steroid dienone is 12. The minimum Gasteiger partial charge on any atom is -0.391 e. The van der Waals surface area contributed by atoms with Crippen molar-refractivity contribution in [1.29, 1.82) is 0 Å². The van der Waals surface area contributed by atoms with E-state index in [-0.39, 0.29) is 5.54 Å². The molecule has 0 saturated heterocycles. The monoisotopic (exact) mass is 474 g/mol. The molecule has 0 aromatic rings. The van der Waals surface area contributed by atoms with E-state index in [2.05, 4.69) is 102 Å². The Bertz CT molecular complexity index is 959. The Labute approximate surface area is 216 Å². The number of hydrogen-bond donors (Lipinski definition) is 2. The van der Waals surface area contributed by atoms with Gasteiger partial charge in [0, 0.05) is 18.3 Å². The second-order valence-electron chi connectivity index (χ2n) is 10.7. The van der Waals surface area contributed by atoms with Crippen LogP contribution in [0.5, 0.6) is 0 Å². The number of rotatable bonds is 14. The Morgan fingerprint density at radius 3 is 2.40 bits per heavy atom. The van der Waals surface area contributed by atoms with Gasteiger partial charge in [-0.3, -0.25) is 0 Å². The van der Waals surface area contributed by atoms with Gasteiger partial charge in [0.25, 0.3) is 0 Å². The van der Waals surface area contributed by atoms with Gasteiger partial charge in [0.05, 0.1) is 0 Å². The van der Waals surface area contributed by atoms with Gasteiger partial charge in [0.15, 0.2) is 0 Å². The molecular weight excluding hydrogens is 424 g/mol. The van der Waals surface area contributed by atoms with E-state index in [9.17, 15) is 0 Å². The van der Waals surface area contributed by atoms with Gasteiger partial charge in [-0.05, 0) is 113 Å². The Morgan fingerprint density at radius 1 is 1.11 bits per heavy atom. The summed E-state index contributed by atoms with van der Waals surface area (Å²) >= 11 is 0. The Balaban J connectivity index is 2.38. The molecule has 2 N–H and O–H groups in total. The molecule has 0 bridgehead atoms. The first kappa shape index (κ1) is 28.9. The number of likely N-dealkylation sites (N-methyl/N-ethyl adjacent to an activating group) is 1. The van der Waals surface area contributed by atoms with E-state index in [1.807, 2.05) is 7.05 Å². The van der Waals surface area contributed by atoms with Crippen LogP contribution in [0.2, 0.25) is 0 Å². The Morgan fingerprint density at radius 2 is 1.83 bits per heavy atom. The Hall–Kier alpha value is -2.32. The molecule has 0 spiro atoms. The van der Waals surface area contributed by atoms with Crippen LogP contribution in [-0.2, 0) is 0 Å². The van der Waals surface area contributed by atoms with Crippen LogP contribution < -0.4 is 10.6 Å². The molecule has 0 aliphatic heterocycles. The van der Waals surface area contributed by atoms with E-state index in [1.54, 1.807) is 0 Å². The van der Waals surface area contributed by atoms with E-state index in [0.29, 0.717) is 0 Å². The average Bonchev–Trinajstić information content (AvgIpc) is 3.66. The minimum atomic E-state index is -0.105. The fourth-order valence-electron chi connectivity index (χ4n) is 4.77. The molecule has 0 aromatic carbocycles. The normalized spacial score (nSPS) is 19.6. The van der Waals surface area contributed by atoms with Crippen LogP contribution in [0.3, 0.4) is 0 Å². The lowest BCUT2D eigenvalue weighted by Gasteiger charge is -2.32. The summed E-state index contributed by atoms with van der Waals surface area (Å²) in [5.41, 5.74) is 10.7. The molecule has 0 radical (unpaired) electrons. The van der Waals surface area contributed by atoms with Crippen LogP contribution in [0.4, 0.5) is 0 Å². The van der Waals surface area contributed by atoms with E-state index in [1.165, 1.54) is 57.6 Å². The zero-order valence-electron chi connectivity index (χ0n) is 23.6. The summed E-state index contributed by atoms with van der Waals surface area (Å²) in [4.78, 5) is 0. The third-order valence-electron chi connectivity index (χ3n) is 7.36. The van der Waals surface area contributed by atoms with Crippen molar-refractivity contribution in [3.8, 4) is 0 Å². The highest BCUT2D eigenvalue weighted by Crippen LogP contribution is 2.38. The molecule has 2 aliphatic carbocycles. The lowest BCUT2D eigenvalue weighted by molar-refractivity contribution is 0.424. The molecule has 2 aliphatic rings. The quantitative estimate of drug-likeness (QED) is 0.194. The smallest absolute Gasteiger partial charge is 0.0400 e. The largest absolute Gasteiger partial charge is 0.391 e. The molecule has 0 heterocycles. The van der Waals surface area contributed by atoms with E-state index >= 15 is 0 Å². The fourth-order valence-corrected chi connectivity index (χ4v) is 4.77. The highest BCUT2D eigenvalue weighted by molar-refractivity contribution is 5.47. The standard InChI is InChI=1S/C33H50N2/c1-10-12-13-28(23-33(8,24(3)4)35-11-2)15-14-26(6)32-19-18-31(34-9)22-30(32)21-25(5)20-27(7)29-16-17-29/h12-15,20,22,29,34-35H,3,7,10-11,16-19,21,23H2,1-2,4-6,8-9H3/b13-12+,25-20+,26-14+,28-15+. The first-order valence-corrected chi connectivity index (χ1v) is 13.5. The second kappa shape index (κ2) is 13.7. The van der Waals surface area contributed by atoms with Gasteiger partial charge in [0.1, 0.15) is 0 Å². The SMILES string of the molecule is C=C(/C=C(\C)CC1=C(/C(C)=C/C=C(\C=C\CC)CC(C)(NCC)C(=C)C)CCC(NC)=C1)C1CC1. The highest BCUT2D eigenvalue weighted by Gasteiger charge is 2.25. The number of hydrogen-bond acceptors (Lipinski definition) is 2. The molecule has 0 amide bonds. The average molecular weight is 475 g/mol. The van der Waals surface area contributed by atoms with Gasteiger partial charge >= 0.3 is 0 Å². The topological polar surface area (TPSA) is 24.1 Å². The van der Waals surface area contributed by atoms with Crippen LogP contribution in [0, 0.1) is 5.92 Å². The second-order valence-corrected chi connectivity index (χ2v) is 10.7. The first-order valence-electron chi connectivity index (χ1n) is 13.5. The summed E-state index contributed by atoms with van der Waals surface area (Å²) in [5.74, 6) is 0.724. The van der Waals surface area contributed by atoms with Crippen molar-refractivity contribution in [2.24, 2.45) is 5.92 Å². The maximum Gasteiger partial charge on any atom is 0.0400 e. The van der Waals surface area contributed by atoms with E-state index in [0.717, 1.165) is 44.6 Å². The molecule has 1 atom stereocenters. The lowest BCUT2D eigenvalue weighted by Crippen LogP contribution is -2.43. The van der Waals surface area contributed by atoms with Crippen molar-refractivity contribution in [3.63, 3.8) is 0 Å². The van der Waals surface area contributed by atoms with Gasteiger partial charge in [0.2, 0.25) is 0 Å². The highest BCUT2D eigenvalue weighted by atomic mass is 15.0. The van der Waals surface area contributed by atoms with Gasteiger partial charge in [-0.2, -0.15) is 0 Å². The maximum atomic E-state index is 4.31. The van der Waals surface area contributed by atoms with Crippen molar-refractivity contribution >= 4 is 0 Å². The summed E-state index contributed by atoms with van der Waals surface area (Å²) in [5, 5.41) is 7.04. The Kier molecular flexibility index (Phi) is 11.3. The van der Waals surface area contributed by atoms with Gasteiger partial charge in [-0.15, -0.1) is 0 Å². The predicted octanol–water partition coefficient (Wildman–Crippen LogP) is 8.66. The zero-order chi connectivity index (χ0) is 26.0. The van der Waals surface area contributed by atoms with Crippen LogP contribution in [0.1, 0.15) is 86.5 Å². The summed E-state index contributed by atoms with van der Waals surface area (Å²) in [6.45, 7) is 22.8. The van der Waals surface area contributed by atoms with E-state index in [4.69, 9.17) is 0 Å². The number of nitrogens with one attached hydrogen (secondary N) is 2. The molecule has 0 aromatic heterocycles. The minimum absolute atomic E-state index is 0.105. The van der Waals surface area contributed by atoms with Crippen molar-refractivity contribution in [2.45, 2.75) is 92.0 Å². The third kappa shape index (κ3) is 9.00. The van der Waals surface area contributed by atoms with Crippen molar-refractivity contribution in [3.05, 3.63) is 94.3 Å². The molecule has 2 heteroatoms. The van der Waals surface area contributed by atoms with Gasteiger partial charge in [-0.25, -0.2) is 0 Å². The third-order valence-corrected chi connectivity index (χ3v) is 7.36. The summed E-state index contributed by atoms with van der Waals surface area (Å²) in [6.07, 6.45) is 21.6. The van der Waals surface area contributed by atoms with Crippen LogP contribution in [0.15, 0.2) is 94.3 Å². The van der Waals surface area contributed by atoms with Crippen molar-refractivity contribution in [1.82, 2.24) is 10.6 Å². The summed E-state index contributed by atoms with van der Waals surface area (Å²) in [6, 6.07) is 0.